The van der Waals surface area contributed by atoms with Gasteiger partial charge in [0.15, 0.2) is 5.79 Å². The first kappa shape index (κ1) is 13.3. The molecule has 1 fully saturated rings. The van der Waals surface area contributed by atoms with Crippen LogP contribution in [0.2, 0.25) is 0 Å². The van der Waals surface area contributed by atoms with Gasteiger partial charge in [0, 0.05) is 6.42 Å². The van der Waals surface area contributed by atoms with Crippen molar-refractivity contribution >= 4 is 6.29 Å². The minimum absolute atomic E-state index is 0.590. The lowest BCUT2D eigenvalue weighted by Gasteiger charge is -2.35. The summed E-state index contributed by atoms with van der Waals surface area (Å²) in [6, 6.07) is 7.63. The fraction of sp³-hybridized carbons (Fsp3) is 0.438. The molecular formula is C16H18O4. The molecule has 0 amide bonds. The van der Waals surface area contributed by atoms with Crippen LogP contribution in [0, 0.1) is 0 Å². The van der Waals surface area contributed by atoms with Crippen LogP contribution >= 0.6 is 0 Å². The molecular weight excluding hydrogens is 256 g/mol. The highest BCUT2D eigenvalue weighted by Gasteiger charge is 2.42. The molecule has 0 saturated carbocycles. The van der Waals surface area contributed by atoms with Crippen molar-refractivity contribution in [2.75, 3.05) is 20.3 Å². The van der Waals surface area contributed by atoms with Crippen molar-refractivity contribution < 1.29 is 19.0 Å². The van der Waals surface area contributed by atoms with Gasteiger partial charge in [-0.25, -0.2) is 0 Å². The maximum Gasteiger partial charge on any atom is 0.188 e. The summed E-state index contributed by atoms with van der Waals surface area (Å²) in [4.78, 5) is 11.7. The van der Waals surface area contributed by atoms with Gasteiger partial charge in [-0.05, 0) is 30.2 Å². The second-order valence-electron chi connectivity index (χ2n) is 5.23. The van der Waals surface area contributed by atoms with E-state index in [1.165, 1.54) is 0 Å². The molecule has 3 rings (SSSR count). The van der Waals surface area contributed by atoms with Crippen molar-refractivity contribution in [3.63, 3.8) is 0 Å². The van der Waals surface area contributed by atoms with Gasteiger partial charge in [0.1, 0.15) is 12.0 Å². The Bertz CT molecular complexity index is 514. The summed E-state index contributed by atoms with van der Waals surface area (Å²) in [5.41, 5.74) is 0.379. The zero-order valence-corrected chi connectivity index (χ0v) is 11.5. The molecule has 2 aliphatic rings. The Labute approximate surface area is 118 Å². The monoisotopic (exact) mass is 274 g/mol. The Morgan fingerprint density at radius 1 is 1.10 bits per heavy atom. The lowest BCUT2D eigenvalue weighted by Crippen LogP contribution is -2.38. The highest BCUT2D eigenvalue weighted by Crippen LogP contribution is 2.40. The molecule has 1 spiro atoms. The first-order valence-corrected chi connectivity index (χ1v) is 6.81. The van der Waals surface area contributed by atoms with Gasteiger partial charge in [0.2, 0.25) is 0 Å². The molecule has 1 unspecified atom stereocenters. The number of hydrogen-bond donors (Lipinski definition) is 0. The normalized spacial score (nSPS) is 27.6. The molecule has 0 bridgehead atoms. The molecule has 1 heterocycles. The van der Waals surface area contributed by atoms with Crippen LogP contribution in [0.4, 0.5) is 0 Å². The second-order valence-corrected chi connectivity index (χ2v) is 5.23. The summed E-state index contributed by atoms with van der Waals surface area (Å²) in [6.07, 6.45) is 6.18. The first-order valence-electron chi connectivity index (χ1n) is 6.81. The molecule has 0 radical (unpaired) electrons. The van der Waals surface area contributed by atoms with E-state index in [0.717, 1.165) is 17.6 Å². The van der Waals surface area contributed by atoms with Gasteiger partial charge < -0.3 is 19.0 Å². The number of benzene rings is 1. The zero-order valence-electron chi connectivity index (χ0n) is 11.5. The predicted octanol–water partition coefficient (Wildman–Crippen LogP) is 2.22. The van der Waals surface area contributed by atoms with Crippen LogP contribution in [0.3, 0.4) is 0 Å². The number of methoxy groups -OCH3 is 1. The predicted molar refractivity (Wildman–Crippen MR) is 73.7 cm³/mol. The molecule has 1 aliphatic heterocycles. The third kappa shape index (κ3) is 2.15. The van der Waals surface area contributed by atoms with Crippen molar-refractivity contribution in [1.29, 1.82) is 0 Å². The van der Waals surface area contributed by atoms with E-state index in [1.807, 2.05) is 36.4 Å². The number of carbonyl (C=O) groups excluding carboxylic acids is 1. The van der Waals surface area contributed by atoms with Crippen LogP contribution in [0.25, 0.3) is 0 Å². The van der Waals surface area contributed by atoms with Crippen LogP contribution in [0.15, 0.2) is 36.4 Å². The molecule has 20 heavy (non-hydrogen) atoms. The third-order valence-electron chi connectivity index (χ3n) is 4.14. The van der Waals surface area contributed by atoms with Crippen LogP contribution in [-0.4, -0.2) is 32.4 Å². The van der Waals surface area contributed by atoms with Gasteiger partial charge in [-0.15, -0.1) is 0 Å². The van der Waals surface area contributed by atoms with E-state index in [1.54, 1.807) is 7.11 Å². The molecule has 4 heteroatoms. The van der Waals surface area contributed by atoms with Gasteiger partial charge in [0.25, 0.3) is 0 Å². The minimum atomic E-state index is -0.612. The quantitative estimate of drug-likeness (QED) is 0.626. The van der Waals surface area contributed by atoms with Crippen molar-refractivity contribution in [1.82, 2.24) is 0 Å². The molecule has 1 aliphatic carbocycles. The maximum absolute atomic E-state index is 11.7. The summed E-state index contributed by atoms with van der Waals surface area (Å²) in [6.45, 7) is 1.22. The lowest BCUT2D eigenvalue weighted by atomic mass is 9.73. The Morgan fingerprint density at radius 2 is 1.80 bits per heavy atom. The standard InChI is InChI=1S/C16H18O4/c1-18-14-4-2-13(3-5-14)15(12-17)6-8-16(9-7-15)19-10-11-20-16/h2-6,8,12H,7,9-11H2,1H3. The van der Waals surface area contributed by atoms with E-state index in [2.05, 4.69) is 0 Å². The smallest absolute Gasteiger partial charge is 0.188 e. The highest BCUT2D eigenvalue weighted by molar-refractivity contribution is 5.73. The second kappa shape index (κ2) is 5.04. The van der Waals surface area contributed by atoms with Gasteiger partial charge in [-0.2, -0.15) is 0 Å². The molecule has 0 aromatic heterocycles. The van der Waals surface area contributed by atoms with Gasteiger partial charge >= 0.3 is 0 Å². The number of aldehydes is 1. The fourth-order valence-corrected chi connectivity index (χ4v) is 2.84. The molecule has 1 atom stereocenters. The van der Waals surface area contributed by atoms with E-state index in [9.17, 15) is 4.79 Å². The number of hydrogen-bond acceptors (Lipinski definition) is 4. The zero-order chi connectivity index (χ0) is 14.1. The average molecular weight is 274 g/mol. The number of ether oxygens (including phenoxy) is 3. The summed E-state index contributed by atoms with van der Waals surface area (Å²) in [7, 11) is 1.63. The largest absolute Gasteiger partial charge is 0.497 e. The van der Waals surface area contributed by atoms with Crippen molar-refractivity contribution in [3.05, 3.63) is 42.0 Å². The van der Waals surface area contributed by atoms with E-state index < -0.39 is 11.2 Å². The highest BCUT2D eigenvalue weighted by atomic mass is 16.7. The first-order chi connectivity index (χ1) is 9.72. The Kier molecular flexibility index (Phi) is 3.36. The van der Waals surface area contributed by atoms with E-state index in [4.69, 9.17) is 14.2 Å². The molecule has 106 valence electrons. The Morgan fingerprint density at radius 3 is 2.30 bits per heavy atom. The van der Waals surface area contributed by atoms with Crippen molar-refractivity contribution in [2.24, 2.45) is 0 Å². The minimum Gasteiger partial charge on any atom is -0.497 e. The summed E-state index contributed by atoms with van der Waals surface area (Å²) < 4.78 is 16.4. The maximum atomic E-state index is 11.7. The molecule has 1 aromatic carbocycles. The summed E-state index contributed by atoms with van der Waals surface area (Å²) >= 11 is 0. The van der Waals surface area contributed by atoms with E-state index in [0.29, 0.717) is 26.1 Å². The van der Waals surface area contributed by atoms with Crippen molar-refractivity contribution in [3.8, 4) is 5.75 Å². The Balaban J connectivity index is 1.90. The van der Waals surface area contributed by atoms with Crippen molar-refractivity contribution in [2.45, 2.75) is 24.0 Å². The van der Waals surface area contributed by atoms with Crippen LogP contribution in [-0.2, 0) is 19.7 Å². The fourth-order valence-electron chi connectivity index (χ4n) is 2.84. The number of carbonyl (C=O) groups is 1. The van der Waals surface area contributed by atoms with Gasteiger partial charge in [0.05, 0.1) is 25.7 Å². The third-order valence-corrected chi connectivity index (χ3v) is 4.14. The van der Waals surface area contributed by atoms with Crippen LogP contribution in [0.5, 0.6) is 5.75 Å². The van der Waals surface area contributed by atoms with E-state index in [-0.39, 0.29) is 0 Å². The Hall–Kier alpha value is -1.65. The molecule has 1 saturated heterocycles. The van der Waals surface area contributed by atoms with E-state index >= 15 is 0 Å². The van der Waals surface area contributed by atoms with Gasteiger partial charge in [-0.1, -0.05) is 18.2 Å². The average Bonchev–Trinajstić information content (AvgIpc) is 2.97. The molecule has 0 N–H and O–H groups in total. The SMILES string of the molecule is COc1ccc(C2(C=O)C=CC3(CC2)OCCO3)cc1. The number of allylic oxidation sites excluding steroid dienone is 1. The number of rotatable bonds is 3. The van der Waals surface area contributed by atoms with Gasteiger partial charge in [-0.3, -0.25) is 0 Å². The summed E-state index contributed by atoms with van der Waals surface area (Å²) in [5, 5.41) is 0. The van der Waals surface area contributed by atoms with Crippen LogP contribution in [0.1, 0.15) is 18.4 Å². The molecule has 1 aromatic rings. The lowest BCUT2D eigenvalue weighted by molar-refractivity contribution is -0.131. The topological polar surface area (TPSA) is 44.8 Å². The summed E-state index contributed by atoms with van der Waals surface area (Å²) in [5.74, 6) is 0.174. The van der Waals surface area contributed by atoms with Crippen LogP contribution < -0.4 is 4.74 Å². The molecule has 4 nitrogen and oxygen atoms in total.